The third-order valence-corrected chi connectivity index (χ3v) is 2.25. The van der Waals surface area contributed by atoms with Crippen molar-refractivity contribution in [3.8, 4) is 0 Å². The summed E-state index contributed by atoms with van der Waals surface area (Å²) in [5.41, 5.74) is 11.4. The lowest BCUT2D eigenvalue weighted by Gasteiger charge is -2.17. The van der Waals surface area contributed by atoms with Gasteiger partial charge in [0.05, 0.1) is 0 Å². The van der Waals surface area contributed by atoms with Crippen LogP contribution in [0.5, 0.6) is 0 Å². The summed E-state index contributed by atoms with van der Waals surface area (Å²) in [6.45, 7) is 5.12. The van der Waals surface area contributed by atoms with Crippen molar-refractivity contribution in [3.05, 3.63) is 0 Å². The quantitative estimate of drug-likeness (QED) is 0.556. The topological polar surface area (TPSA) is 52.0 Å². The predicted molar refractivity (Wildman–Crippen MR) is 53.4 cm³/mol. The lowest BCUT2D eigenvalue weighted by Crippen LogP contribution is -2.26. The minimum absolute atomic E-state index is 0.351. The van der Waals surface area contributed by atoms with Crippen LogP contribution < -0.4 is 11.5 Å². The summed E-state index contributed by atoms with van der Waals surface area (Å²) in [5, 5.41) is 0. The molecule has 0 rings (SSSR count). The van der Waals surface area contributed by atoms with Gasteiger partial charge < -0.3 is 11.5 Å². The van der Waals surface area contributed by atoms with Crippen molar-refractivity contribution in [2.24, 2.45) is 17.4 Å². The van der Waals surface area contributed by atoms with Crippen LogP contribution in [0.3, 0.4) is 0 Å². The van der Waals surface area contributed by atoms with E-state index in [1.54, 1.807) is 0 Å². The second-order valence-electron chi connectivity index (χ2n) is 3.83. The smallest absolute Gasteiger partial charge is 0.107 e. The Bertz CT molecular complexity index is 96.1. The standard InChI is InChI=1S/C8H21BN2/c1-6(5-10)3-4-8(11)7(2)9/h6-8H,3-5,9-11H2,1-2H3. The Morgan fingerprint density at radius 2 is 1.82 bits per heavy atom. The fourth-order valence-electron chi connectivity index (χ4n) is 0.928. The maximum atomic E-state index is 5.88. The summed E-state index contributed by atoms with van der Waals surface area (Å²) < 4.78 is 0. The molecule has 3 atom stereocenters. The van der Waals surface area contributed by atoms with E-state index >= 15 is 0 Å². The van der Waals surface area contributed by atoms with Crippen LogP contribution in [-0.2, 0) is 0 Å². The van der Waals surface area contributed by atoms with Gasteiger partial charge in [-0.15, -0.1) is 0 Å². The van der Waals surface area contributed by atoms with Crippen LogP contribution >= 0.6 is 0 Å². The van der Waals surface area contributed by atoms with Crippen molar-refractivity contribution in [3.63, 3.8) is 0 Å². The van der Waals surface area contributed by atoms with Crippen LogP contribution in [0.15, 0.2) is 0 Å². The van der Waals surface area contributed by atoms with E-state index in [2.05, 4.69) is 21.7 Å². The van der Waals surface area contributed by atoms with Crippen molar-refractivity contribution in [1.29, 1.82) is 0 Å². The predicted octanol–water partition coefficient (Wildman–Crippen LogP) is 0.130. The average molecular weight is 156 g/mol. The maximum absolute atomic E-state index is 5.88. The van der Waals surface area contributed by atoms with E-state index in [0.29, 0.717) is 17.8 Å². The summed E-state index contributed by atoms with van der Waals surface area (Å²) in [6, 6.07) is 0.351. The van der Waals surface area contributed by atoms with Gasteiger partial charge in [-0.2, -0.15) is 0 Å². The molecule has 0 aromatic carbocycles. The summed E-state index contributed by atoms with van der Waals surface area (Å²) in [5.74, 6) is 1.22. The molecule has 0 aliphatic rings. The van der Waals surface area contributed by atoms with E-state index in [1.807, 2.05) is 0 Å². The van der Waals surface area contributed by atoms with Gasteiger partial charge >= 0.3 is 0 Å². The highest BCUT2D eigenvalue weighted by Crippen LogP contribution is 2.12. The molecule has 2 nitrogen and oxygen atoms in total. The lowest BCUT2D eigenvalue weighted by atomic mass is 9.80. The maximum Gasteiger partial charge on any atom is 0.107 e. The average Bonchev–Trinajstić information content (AvgIpc) is 1.99. The lowest BCUT2D eigenvalue weighted by molar-refractivity contribution is 0.469. The van der Waals surface area contributed by atoms with E-state index in [1.165, 1.54) is 0 Å². The number of rotatable bonds is 5. The molecule has 0 saturated heterocycles. The van der Waals surface area contributed by atoms with E-state index in [9.17, 15) is 0 Å². The van der Waals surface area contributed by atoms with Crippen LogP contribution in [0.25, 0.3) is 0 Å². The molecule has 0 aromatic heterocycles. The van der Waals surface area contributed by atoms with Gasteiger partial charge in [0.15, 0.2) is 0 Å². The normalized spacial score (nSPS) is 19.3. The molecule has 0 aliphatic carbocycles. The van der Waals surface area contributed by atoms with Crippen LogP contribution in [0.2, 0.25) is 5.82 Å². The Hall–Kier alpha value is -0.0151. The van der Waals surface area contributed by atoms with E-state index in [0.717, 1.165) is 19.4 Å². The molecule has 0 bridgehead atoms. The van der Waals surface area contributed by atoms with Gasteiger partial charge in [-0.3, -0.25) is 0 Å². The third-order valence-electron chi connectivity index (χ3n) is 2.25. The minimum atomic E-state index is 0.351. The zero-order valence-corrected chi connectivity index (χ0v) is 8.01. The van der Waals surface area contributed by atoms with E-state index < -0.39 is 0 Å². The molecular formula is C8H21BN2. The highest BCUT2D eigenvalue weighted by Gasteiger charge is 2.08. The zero-order chi connectivity index (χ0) is 8.85. The molecule has 0 saturated carbocycles. The van der Waals surface area contributed by atoms with Gasteiger partial charge in [-0.25, -0.2) is 0 Å². The van der Waals surface area contributed by atoms with Crippen molar-refractivity contribution >= 4 is 7.85 Å². The van der Waals surface area contributed by atoms with E-state index in [-0.39, 0.29) is 0 Å². The summed E-state index contributed by atoms with van der Waals surface area (Å²) in [4.78, 5) is 0. The molecule has 0 heterocycles. The van der Waals surface area contributed by atoms with Crippen molar-refractivity contribution in [2.45, 2.75) is 38.5 Å². The first-order valence-corrected chi connectivity index (χ1v) is 4.53. The molecule has 0 aliphatic heterocycles. The van der Waals surface area contributed by atoms with Gasteiger partial charge in [-0.05, 0) is 31.3 Å². The molecule has 0 spiro atoms. The second kappa shape index (κ2) is 5.61. The summed E-state index contributed by atoms with van der Waals surface area (Å²) in [6.07, 6.45) is 2.27. The fraction of sp³-hybridized carbons (Fsp3) is 1.00. The summed E-state index contributed by atoms with van der Waals surface area (Å²) in [7, 11) is 2.16. The van der Waals surface area contributed by atoms with Crippen molar-refractivity contribution in [2.75, 3.05) is 6.54 Å². The van der Waals surface area contributed by atoms with Crippen molar-refractivity contribution < 1.29 is 0 Å². The third kappa shape index (κ3) is 5.28. The molecule has 4 N–H and O–H groups in total. The zero-order valence-electron chi connectivity index (χ0n) is 8.01. The van der Waals surface area contributed by atoms with Crippen LogP contribution in [-0.4, -0.2) is 20.4 Å². The molecule has 3 heteroatoms. The second-order valence-corrected chi connectivity index (χ2v) is 3.83. The number of hydrogen-bond donors (Lipinski definition) is 2. The van der Waals surface area contributed by atoms with Gasteiger partial charge in [0.1, 0.15) is 7.85 Å². The molecule has 66 valence electrons. The highest BCUT2D eigenvalue weighted by atomic mass is 14.6. The van der Waals surface area contributed by atoms with Crippen LogP contribution in [0, 0.1) is 5.92 Å². The molecule has 0 amide bonds. The highest BCUT2D eigenvalue weighted by molar-refractivity contribution is 6.11. The Morgan fingerprint density at radius 1 is 1.27 bits per heavy atom. The SMILES string of the molecule is BC(C)C(N)CCC(C)CN. The minimum Gasteiger partial charge on any atom is -0.330 e. The molecule has 0 fully saturated rings. The van der Waals surface area contributed by atoms with Crippen molar-refractivity contribution in [1.82, 2.24) is 0 Å². The monoisotopic (exact) mass is 156 g/mol. The number of hydrogen-bond acceptors (Lipinski definition) is 2. The molecule has 0 aromatic rings. The molecule has 0 radical (unpaired) electrons. The first-order valence-electron chi connectivity index (χ1n) is 4.53. The first-order chi connectivity index (χ1) is 5.07. The Morgan fingerprint density at radius 3 is 2.18 bits per heavy atom. The fourth-order valence-corrected chi connectivity index (χ4v) is 0.928. The van der Waals surface area contributed by atoms with E-state index in [4.69, 9.17) is 11.5 Å². The van der Waals surface area contributed by atoms with Gasteiger partial charge in [0.2, 0.25) is 0 Å². The molecule has 11 heavy (non-hydrogen) atoms. The first kappa shape index (κ1) is 11.0. The van der Waals surface area contributed by atoms with Crippen LogP contribution in [0.4, 0.5) is 0 Å². The summed E-state index contributed by atoms with van der Waals surface area (Å²) >= 11 is 0. The number of nitrogens with two attached hydrogens (primary N) is 2. The largest absolute Gasteiger partial charge is 0.330 e. The van der Waals surface area contributed by atoms with Gasteiger partial charge in [0, 0.05) is 0 Å². The molecule has 3 unspecified atom stereocenters. The van der Waals surface area contributed by atoms with Gasteiger partial charge in [0.25, 0.3) is 0 Å². The Labute approximate surface area is 71.1 Å². The molecular weight excluding hydrogens is 135 g/mol. The Kier molecular flexibility index (Phi) is 5.60. The van der Waals surface area contributed by atoms with Crippen LogP contribution in [0.1, 0.15) is 26.7 Å². The Balaban J connectivity index is 3.37. The van der Waals surface area contributed by atoms with Gasteiger partial charge in [-0.1, -0.05) is 19.7 Å².